The molecule has 0 spiro atoms. The maximum atomic E-state index is 6.18. The first-order valence-corrected chi connectivity index (χ1v) is 8.86. The number of pyridine rings is 1. The average Bonchev–Trinajstić information content (AvgIpc) is 3.22. The highest BCUT2D eigenvalue weighted by Crippen LogP contribution is 2.30. The molecule has 1 unspecified atom stereocenters. The molecule has 0 fully saturated rings. The third-order valence-corrected chi connectivity index (χ3v) is 5.17. The standard InChI is InChI=1S/C18H15ClN4S/c19-16-6-2-1-4-12(16)9-22-18-23-11-14(24-18)8-13-10-21-17-15(13)5-3-7-20-17/h1-8,10-11,18,22H,9H2,(H,20,21)/b14-8-. The number of fused-ring (bicyclic) bond motifs is 1. The van der Waals surface area contributed by atoms with Crippen molar-refractivity contribution in [3.8, 4) is 0 Å². The van der Waals surface area contributed by atoms with Gasteiger partial charge in [0.25, 0.3) is 0 Å². The van der Waals surface area contributed by atoms with Crippen LogP contribution in [0, 0.1) is 0 Å². The summed E-state index contributed by atoms with van der Waals surface area (Å²) in [5.41, 5.74) is 3.11. The summed E-state index contributed by atoms with van der Waals surface area (Å²) < 4.78 is 0. The van der Waals surface area contributed by atoms with E-state index in [1.54, 1.807) is 18.0 Å². The van der Waals surface area contributed by atoms with Crippen LogP contribution in [0.25, 0.3) is 17.1 Å². The Hall–Kier alpha value is -2.08. The smallest absolute Gasteiger partial charge is 0.151 e. The fourth-order valence-corrected chi connectivity index (χ4v) is 3.65. The molecule has 1 atom stereocenters. The van der Waals surface area contributed by atoms with Crippen LogP contribution in [0.5, 0.6) is 0 Å². The first-order valence-electron chi connectivity index (χ1n) is 7.60. The van der Waals surface area contributed by atoms with E-state index in [0.29, 0.717) is 6.54 Å². The summed E-state index contributed by atoms with van der Waals surface area (Å²) in [7, 11) is 0. The second-order valence-electron chi connectivity index (χ2n) is 5.41. The molecule has 0 saturated heterocycles. The van der Waals surface area contributed by atoms with E-state index in [1.165, 1.54) is 0 Å². The van der Waals surface area contributed by atoms with Crippen LogP contribution in [-0.2, 0) is 6.54 Å². The number of allylic oxidation sites excluding steroid dienone is 1. The van der Waals surface area contributed by atoms with Gasteiger partial charge in [0.1, 0.15) is 5.65 Å². The number of nitrogens with zero attached hydrogens (tertiary/aromatic N) is 2. The Morgan fingerprint density at radius 3 is 3.08 bits per heavy atom. The van der Waals surface area contributed by atoms with Crippen LogP contribution in [0.15, 0.2) is 58.7 Å². The number of rotatable bonds is 4. The molecule has 3 heterocycles. The Labute approximate surface area is 149 Å². The summed E-state index contributed by atoms with van der Waals surface area (Å²) in [6, 6.07) is 11.9. The van der Waals surface area contributed by atoms with Gasteiger partial charge in [-0.25, -0.2) is 4.98 Å². The summed E-state index contributed by atoms with van der Waals surface area (Å²) in [4.78, 5) is 13.1. The molecule has 0 radical (unpaired) electrons. The fraction of sp³-hybridized carbons (Fsp3) is 0.111. The van der Waals surface area contributed by atoms with Gasteiger partial charge in [0.15, 0.2) is 5.50 Å². The van der Waals surface area contributed by atoms with E-state index < -0.39 is 0 Å². The van der Waals surface area contributed by atoms with Gasteiger partial charge < -0.3 is 4.98 Å². The lowest BCUT2D eigenvalue weighted by Crippen LogP contribution is -2.21. The Morgan fingerprint density at radius 1 is 1.25 bits per heavy atom. The Kier molecular flexibility index (Phi) is 4.38. The van der Waals surface area contributed by atoms with Gasteiger partial charge in [-0.05, 0) is 29.8 Å². The molecular weight excluding hydrogens is 340 g/mol. The second-order valence-corrected chi connectivity index (χ2v) is 6.97. The molecule has 0 aliphatic carbocycles. The van der Waals surface area contributed by atoms with Crippen molar-refractivity contribution >= 4 is 46.7 Å². The minimum atomic E-state index is 0.0100. The molecule has 0 saturated carbocycles. The summed E-state index contributed by atoms with van der Waals surface area (Å²) in [6.07, 6.45) is 7.80. The van der Waals surface area contributed by atoms with E-state index in [4.69, 9.17) is 11.6 Å². The van der Waals surface area contributed by atoms with Gasteiger partial charge in [0.2, 0.25) is 0 Å². The van der Waals surface area contributed by atoms with Crippen LogP contribution < -0.4 is 5.32 Å². The molecule has 6 heteroatoms. The number of aliphatic imine (C=N–C) groups is 1. The summed E-state index contributed by atoms with van der Waals surface area (Å²) in [6.45, 7) is 0.693. The maximum absolute atomic E-state index is 6.18. The predicted molar refractivity (Wildman–Crippen MR) is 102 cm³/mol. The minimum Gasteiger partial charge on any atom is -0.346 e. The SMILES string of the molecule is Clc1ccccc1CNC1N=C/C(=C/c2c[nH]c3ncccc23)S1. The van der Waals surface area contributed by atoms with Crippen molar-refractivity contribution in [1.29, 1.82) is 0 Å². The number of aromatic nitrogens is 2. The van der Waals surface area contributed by atoms with Crippen LogP contribution >= 0.6 is 23.4 Å². The highest BCUT2D eigenvalue weighted by atomic mass is 35.5. The molecule has 4 rings (SSSR count). The molecule has 2 N–H and O–H groups in total. The molecular formula is C18H15ClN4S. The topological polar surface area (TPSA) is 53.1 Å². The van der Waals surface area contributed by atoms with E-state index in [0.717, 1.165) is 32.1 Å². The van der Waals surface area contributed by atoms with Crippen molar-refractivity contribution in [2.24, 2.45) is 4.99 Å². The van der Waals surface area contributed by atoms with Gasteiger partial charge >= 0.3 is 0 Å². The zero-order valence-corrected chi connectivity index (χ0v) is 14.3. The number of halogens is 1. The maximum Gasteiger partial charge on any atom is 0.151 e. The van der Waals surface area contributed by atoms with Crippen LogP contribution in [0.2, 0.25) is 5.02 Å². The number of hydrogen-bond acceptors (Lipinski definition) is 4. The lowest BCUT2D eigenvalue weighted by atomic mass is 10.2. The summed E-state index contributed by atoms with van der Waals surface area (Å²) in [5, 5.41) is 5.30. The average molecular weight is 355 g/mol. The van der Waals surface area contributed by atoms with Crippen molar-refractivity contribution in [2.45, 2.75) is 12.0 Å². The van der Waals surface area contributed by atoms with Crippen molar-refractivity contribution < 1.29 is 0 Å². The third-order valence-electron chi connectivity index (χ3n) is 3.79. The number of hydrogen-bond donors (Lipinski definition) is 2. The van der Waals surface area contributed by atoms with E-state index in [1.807, 2.05) is 42.7 Å². The van der Waals surface area contributed by atoms with Gasteiger partial charge in [-0.3, -0.25) is 10.3 Å². The highest BCUT2D eigenvalue weighted by molar-refractivity contribution is 8.04. The van der Waals surface area contributed by atoms with E-state index in [9.17, 15) is 0 Å². The number of aromatic amines is 1. The van der Waals surface area contributed by atoms with Gasteiger partial charge in [0.05, 0.1) is 0 Å². The number of nitrogens with one attached hydrogen (secondary N) is 2. The molecule has 4 nitrogen and oxygen atoms in total. The lowest BCUT2D eigenvalue weighted by Gasteiger charge is -2.10. The Morgan fingerprint density at radius 2 is 2.17 bits per heavy atom. The molecule has 1 aromatic carbocycles. The predicted octanol–water partition coefficient (Wildman–Crippen LogP) is 4.45. The fourth-order valence-electron chi connectivity index (χ4n) is 2.59. The van der Waals surface area contributed by atoms with Crippen LogP contribution in [0.4, 0.5) is 0 Å². The quantitative estimate of drug-likeness (QED) is 0.727. The van der Waals surface area contributed by atoms with Crippen LogP contribution in [-0.4, -0.2) is 21.7 Å². The van der Waals surface area contributed by atoms with E-state index in [2.05, 4.69) is 32.4 Å². The molecule has 3 aromatic rings. The highest BCUT2D eigenvalue weighted by Gasteiger charge is 2.16. The van der Waals surface area contributed by atoms with Crippen molar-refractivity contribution in [2.75, 3.05) is 0 Å². The first kappa shape index (κ1) is 15.4. The van der Waals surface area contributed by atoms with Crippen LogP contribution in [0.1, 0.15) is 11.1 Å². The monoisotopic (exact) mass is 354 g/mol. The summed E-state index contributed by atoms with van der Waals surface area (Å²) >= 11 is 7.88. The minimum absolute atomic E-state index is 0.0100. The molecule has 24 heavy (non-hydrogen) atoms. The van der Waals surface area contributed by atoms with Crippen molar-refractivity contribution in [3.63, 3.8) is 0 Å². The first-order chi connectivity index (χ1) is 11.8. The number of thioether (sulfide) groups is 1. The number of benzene rings is 1. The van der Waals surface area contributed by atoms with Gasteiger partial charge in [-0.1, -0.05) is 41.6 Å². The Bertz CT molecular complexity index is 931. The zero-order chi connectivity index (χ0) is 16.4. The van der Waals surface area contributed by atoms with E-state index in [-0.39, 0.29) is 5.50 Å². The lowest BCUT2D eigenvalue weighted by molar-refractivity contribution is 0.676. The van der Waals surface area contributed by atoms with E-state index >= 15 is 0 Å². The molecule has 0 amide bonds. The zero-order valence-electron chi connectivity index (χ0n) is 12.7. The largest absolute Gasteiger partial charge is 0.346 e. The summed E-state index contributed by atoms with van der Waals surface area (Å²) in [5.74, 6) is 0. The van der Waals surface area contributed by atoms with Gasteiger partial charge in [-0.2, -0.15) is 0 Å². The van der Waals surface area contributed by atoms with Crippen LogP contribution in [0.3, 0.4) is 0 Å². The molecule has 0 bridgehead atoms. The molecule has 120 valence electrons. The van der Waals surface area contributed by atoms with Crippen molar-refractivity contribution in [1.82, 2.24) is 15.3 Å². The van der Waals surface area contributed by atoms with Crippen molar-refractivity contribution in [3.05, 3.63) is 69.8 Å². The third kappa shape index (κ3) is 3.24. The molecule has 2 aromatic heterocycles. The molecule has 1 aliphatic heterocycles. The van der Waals surface area contributed by atoms with Gasteiger partial charge in [0, 0.05) is 46.0 Å². The normalized spacial score (nSPS) is 18.7. The Balaban J connectivity index is 1.43. The van der Waals surface area contributed by atoms with Gasteiger partial charge in [-0.15, -0.1) is 0 Å². The number of H-pyrrole nitrogens is 1. The second kappa shape index (κ2) is 6.81. The molecule has 1 aliphatic rings.